The minimum atomic E-state index is 0.218. The van der Waals surface area contributed by atoms with Crippen molar-refractivity contribution in [1.82, 2.24) is 0 Å². The molecular weight excluding hydrogens is 240 g/mol. The fraction of sp³-hybridized carbons (Fsp3) is 0.562. The molecular formula is C16H20O3. The summed E-state index contributed by atoms with van der Waals surface area (Å²) in [5, 5.41) is 0. The second-order valence-corrected chi connectivity index (χ2v) is 5.63. The van der Waals surface area contributed by atoms with Gasteiger partial charge in [-0.2, -0.15) is 0 Å². The van der Waals surface area contributed by atoms with Gasteiger partial charge >= 0.3 is 0 Å². The molecule has 102 valence electrons. The standard InChI is InChI=1S/C16H20O3/c1-18-6-7-19-15-5-3-2-4-14(15)16(17)13-9-11-8-12(11)10-13/h2-5,11-13H,6-10H2,1H3. The van der Waals surface area contributed by atoms with Crippen molar-refractivity contribution >= 4 is 5.78 Å². The number of benzene rings is 1. The molecule has 3 heteroatoms. The Bertz CT molecular complexity index is 459. The van der Waals surface area contributed by atoms with E-state index in [4.69, 9.17) is 9.47 Å². The summed E-state index contributed by atoms with van der Waals surface area (Å²) < 4.78 is 10.6. The maximum Gasteiger partial charge on any atom is 0.169 e. The minimum Gasteiger partial charge on any atom is -0.490 e. The molecule has 0 heterocycles. The Morgan fingerprint density at radius 1 is 1.16 bits per heavy atom. The zero-order valence-electron chi connectivity index (χ0n) is 11.3. The van der Waals surface area contributed by atoms with Gasteiger partial charge < -0.3 is 9.47 Å². The monoisotopic (exact) mass is 260 g/mol. The van der Waals surface area contributed by atoms with Crippen LogP contribution in [0.4, 0.5) is 0 Å². The van der Waals surface area contributed by atoms with Gasteiger partial charge in [-0.1, -0.05) is 12.1 Å². The molecule has 2 aliphatic carbocycles. The van der Waals surface area contributed by atoms with Crippen LogP contribution in [-0.4, -0.2) is 26.1 Å². The van der Waals surface area contributed by atoms with Gasteiger partial charge in [0, 0.05) is 13.0 Å². The lowest BCUT2D eigenvalue weighted by Crippen LogP contribution is -2.15. The number of para-hydroxylation sites is 1. The molecule has 2 aliphatic rings. The Morgan fingerprint density at radius 3 is 2.63 bits per heavy atom. The van der Waals surface area contributed by atoms with Crippen LogP contribution in [0.3, 0.4) is 0 Å². The number of rotatable bonds is 6. The van der Waals surface area contributed by atoms with Gasteiger partial charge in [-0.25, -0.2) is 0 Å². The quantitative estimate of drug-likeness (QED) is 0.582. The van der Waals surface area contributed by atoms with E-state index < -0.39 is 0 Å². The van der Waals surface area contributed by atoms with Crippen LogP contribution in [0.2, 0.25) is 0 Å². The summed E-state index contributed by atoms with van der Waals surface area (Å²) in [6, 6.07) is 7.57. The highest BCUT2D eigenvalue weighted by atomic mass is 16.5. The molecule has 19 heavy (non-hydrogen) atoms. The van der Waals surface area contributed by atoms with Crippen LogP contribution in [0, 0.1) is 17.8 Å². The maximum atomic E-state index is 12.6. The minimum absolute atomic E-state index is 0.218. The third-order valence-corrected chi connectivity index (χ3v) is 4.31. The second-order valence-electron chi connectivity index (χ2n) is 5.63. The number of hydrogen-bond donors (Lipinski definition) is 0. The third kappa shape index (κ3) is 2.66. The largest absolute Gasteiger partial charge is 0.490 e. The van der Waals surface area contributed by atoms with Gasteiger partial charge in [-0.15, -0.1) is 0 Å². The fourth-order valence-electron chi connectivity index (χ4n) is 3.18. The molecule has 2 unspecified atom stereocenters. The lowest BCUT2D eigenvalue weighted by atomic mass is 9.93. The first-order valence-electron chi connectivity index (χ1n) is 7.04. The van der Waals surface area contributed by atoms with Gasteiger partial charge in [0.1, 0.15) is 12.4 Å². The van der Waals surface area contributed by atoms with E-state index in [1.54, 1.807) is 7.11 Å². The van der Waals surface area contributed by atoms with Crippen molar-refractivity contribution in [2.75, 3.05) is 20.3 Å². The third-order valence-electron chi connectivity index (χ3n) is 4.31. The molecule has 0 aromatic heterocycles. The maximum absolute atomic E-state index is 12.6. The zero-order valence-corrected chi connectivity index (χ0v) is 11.3. The average Bonchev–Trinajstić information content (AvgIpc) is 3.05. The summed E-state index contributed by atoms with van der Waals surface area (Å²) in [6.07, 6.45) is 3.50. The van der Waals surface area contributed by atoms with Crippen LogP contribution < -0.4 is 4.74 Å². The van der Waals surface area contributed by atoms with Crippen molar-refractivity contribution < 1.29 is 14.3 Å². The highest BCUT2D eigenvalue weighted by molar-refractivity contribution is 6.00. The molecule has 0 amide bonds. The Kier molecular flexibility index (Phi) is 3.56. The first-order valence-corrected chi connectivity index (χ1v) is 7.04. The molecule has 0 N–H and O–H groups in total. The zero-order chi connectivity index (χ0) is 13.2. The van der Waals surface area contributed by atoms with Crippen LogP contribution in [0.15, 0.2) is 24.3 Å². The lowest BCUT2D eigenvalue weighted by molar-refractivity contribution is 0.0907. The first-order chi connectivity index (χ1) is 9.29. The number of ether oxygens (including phenoxy) is 2. The molecule has 0 saturated heterocycles. The number of hydrogen-bond acceptors (Lipinski definition) is 3. The number of Topliss-reactive ketones (excluding diaryl/α,β-unsaturated/α-hetero) is 1. The molecule has 3 nitrogen and oxygen atoms in total. The smallest absolute Gasteiger partial charge is 0.169 e. The fourth-order valence-corrected chi connectivity index (χ4v) is 3.18. The Hall–Kier alpha value is -1.35. The second kappa shape index (κ2) is 5.33. The SMILES string of the molecule is COCCOc1ccccc1C(=O)C1CC2CC2C1. The van der Waals surface area contributed by atoms with Crippen LogP contribution >= 0.6 is 0 Å². The summed E-state index contributed by atoms with van der Waals surface area (Å²) in [4.78, 5) is 12.6. The van der Waals surface area contributed by atoms with Gasteiger partial charge in [0.05, 0.1) is 12.2 Å². The van der Waals surface area contributed by atoms with Crippen molar-refractivity contribution in [3.63, 3.8) is 0 Å². The summed E-state index contributed by atoms with van der Waals surface area (Å²) in [5.74, 6) is 2.84. The van der Waals surface area contributed by atoms with Crippen molar-refractivity contribution in [1.29, 1.82) is 0 Å². The lowest BCUT2D eigenvalue weighted by Gasteiger charge is -2.14. The van der Waals surface area contributed by atoms with Gasteiger partial charge in [-0.05, 0) is 43.2 Å². The summed E-state index contributed by atoms with van der Waals surface area (Å²) in [6.45, 7) is 1.02. The molecule has 2 atom stereocenters. The van der Waals surface area contributed by atoms with E-state index in [1.165, 1.54) is 6.42 Å². The summed E-state index contributed by atoms with van der Waals surface area (Å²) >= 11 is 0. The van der Waals surface area contributed by atoms with Crippen LogP contribution in [0.1, 0.15) is 29.6 Å². The van der Waals surface area contributed by atoms with Crippen LogP contribution in [-0.2, 0) is 4.74 Å². The van der Waals surface area contributed by atoms with E-state index in [2.05, 4.69) is 0 Å². The number of ketones is 1. The van der Waals surface area contributed by atoms with Crippen LogP contribution in [0.5, 0.6) is 5.75 Å². The highest BCUT2D eigenvalue weighted by Gasteiger charge is 2.48. The molecule has 1 aromatic carbocycles. The predicted octanol–water partition coefficient (Wildman–Crippen LogP) is 2.94. The molecule has 2 fully saturated rings. The molecule has 0 aliphatic heterocycles. The van der Waals surface area contributed by atoms with Gasteiger partial charge in [-0.3, -0.25) is 4.79 Å². The van der Waals surface area contributed by atoms with Gasteiger partial charge in [0.15, 0.2) is 5.78 Å². The van der Waals surface area contributed by atoms with E-state index in [1.807, 2.05) is 24.3 Å². The van der Waals surface area contributed by atoms with E-state index in [-0.39, 0.29) is 11.7 Å². The predicted molar refractivity (Wildman–Crippen MR) is 72.5 cm³/mol. The van der Waals surface area contributed by atoms with Crippen molar-refractivity contribution in [3.05, 3.63) is 29.8 Å². The van der Waals surface area contributed by atoms with E-state index in [0.29, 0.717) is 19.0 Å². The summed E-state index contributed by atoms with van der Waals surface area (Å²) in [5.41, 5.74) is 0.741. The first kappa shape index (κ1) is 12.7. The Morgan fingerprint density at radius 2 is 1.89 bits per heavy atom. The number of fused-ring (bicyclic) bond motifs is 1. The molecule has 0 bridgehead atoms. The Labute approximate surface area is 113 Å². The van der Waals surface area contributed by atoms with Gasteiger partial charge in [0.25, 0.3) is 0 Å². The van der Waals surface area contributed by atoms with E-state index in [0.717, 1.165) is 30.2 Å². The van der Waals surface area contributed by atoms with E-state index >= 15 is 0 Å². The Balaban J connectivity index is 1.70. The van der Waals surface area contributed by atoms with Crippen molar-refractivity contribution in [2.45, 2.75) is 19.3 Å². The number of carbonyl (C=O) groups is 1. The normalized spacial score (nSPS) is 27.9. The van der Waals surface area contributed by atoms with E-state index in [9.17, 15) is 4.79 Å². The highest BCUT2D eigenvalue weighted by Crippen LogP contribution is 2.55. The molecule has 0 spiro atoms. The average molecular weight is 260 g/mol. The topological polar surface area (TPSA) is 35.5 Å². The van der Waals surface area contributed by atoms with Gasteiger partial charge in [0.2, 0.25) is 0 Å². The number of methoxy groups -OCH3 is 1. The summed E-state index contributed by atoms with van der Waals surface area (Å²) in [7, 11) is 1.64. The van der Waals surface area contributed by atoms with Crippen LogP contribution in [0.25, 0.3) is 0 Å². The number of carbonyl (C=O) groups excluding carboxylic acids is 1. The van der Waals surface area contributed by atoms with Crippen molar-refractivity contribution in [3.8, 4) is 5.75 Å². The molecule has 2 saturated carbocycles. The molecule has 3 rings (SSSR count). The molecule has 0 radical (unpaired) electrons. The van der Waals surface area contributed by atoms with Crippen molar-refractivity contribution in [2.24, 2.45) is 17.8 Å². The molecule has 1 aromatic rings.